The lowest BCUT2D eigenvalue weighted by Gasteiger charge is -2.06. The van der Waals surface area contributed by atoms with Crippen molar-refractivity contribution >= 4 is 17.4 Å². The molecule has 0 atom stereocenters. The van der Waals surface area contributed by atoms with E-state index in [0.29, 0.717) is 16.8 Å². The number of nitrogens with zero attached hydrogens (tertiary/aromatic N) is 1. The number of hydrogen-bond acceptors (Lipinski definition) is 3. The van der Waals surface area contributed by atoms with Crippen LogP contribution in [0, 0.1) is 6.92 Å². The topological polar surface area (TPSA) is 59.1 Å². The molecule has 19 heavy (non-hydrogen) atoms. The van der Waals surface area contributed by atoms with E-state index >= 15 is 0 Å². The van der Waals surface area contributed by atoms with Gasteiger partial charge in [-0.3, -0.25) is 14.6 Å². The van der Waals surface area contributed by atoms with Gasteiger partial charge in [-0.2, -0.15) is 0 Å². The number of aromatic nitrogens is 1. The van der Waals surface area contributed by atoms with Gasteiger partial charge in [-0.1, -0.05) is 0 Å². The van der Waals surface area contributed by atoms with Gasteiger partial charge in [-0.15, -0.1) is 0 Å². The lowest BCUT2D eigenvalue weighted by molar-refractivity contribution is 0.101. The maximum Gasteiger partial charge on any atom is 0.255 e. The Labute approximate surface area is 111 Å². The first-order valence-electron chi connectivity index (χ1n) is 5.91. The molecule has 0 aliphatic heterocycles. The maximum atomic E-state index is 12.0. The molecule has 2 rings (SSSR count). The van der Waals surface area contributed by atoms with Crippen molar-refractivity contribution in [3.05, 3.63) is 59.4 Å². The number of rotatable bonds is 3. The molecule has 1 aromatic heterocycles. The molecule has 0 radical (unpaired) electrons. The monoisotopic (exact) mass is 254 g/mol. The summed E-state index contributed by atoms with van der Waals surface area (Å²) in [6.45, 7) is 3.34. The summed E-state index contributed by atoms with van der Waals surface area (Å²) in [5.74, 6) is -0.191. The number of Topliss-reactive ketones (excluding diaryl/α,β-unsaturated/α-hetero) is 1. The van der Waals surface area contributed by atoms with Gasteiger partial charge >= 0.3 is 0 Å². The molecule has 4 heteroatoms. The van der Waals surface area contributed by atoms with E-state index in [1.807, 2.05) is 6.92 Å². The first-order chi connectivity index (χ1) is 9.06. The molecular weight excluding hydrogens is 240 g/mol. The third kappa shape index (κ3) is 3.25. The second-order valence-electron chi connectivity index (χ2n) is 4.27. The van der Waals surface area contributed by atoms with Gasteiger partial charge in [-0.05, 0) is 50.2 Å². The minimum absolute atomic E-state index is 0.00244. The van der Waals surface area contributed by atoms with Gasteiger partial charge in [0.05, 0.1) is 0 Å². The van der Waals surface area contributed by atoms with Gasteiger partial charge in [0.1, 0.15) is 0 Å². The number of carbonyl (C=O) groups is 2. The van der Waals surface area contributed by atoms with Crippen molar-refractivity contribution in [1.29, 1.82) is 0 Å². The van der Waals surface area contributed by atoms with Crippen LogP contribution in [0.25, 0.3) is 0 Å². The van der Waals surface area contributed by atoms with Crippen molar-refractivity contribution in [2.75, 3.05) is 5.32 Å². The molecule has 0 bridgehead atoms. The van der Waals surface area contributed by atoms with Crippen LogP contribution in [0.2, 0.25) is 0 Å². The third-order valence-corrected chi connectivity index (χ3v) is 2.71. The Balaban J connectivity index is 2.13. The number of benzene rings is 1. The van der Waals surface area contributed by atoms with E-state index in [9.17, 15) is 9.59 Å². The van der Waals surface area contributed by atoms with Gasteiger partial charge < -0.3 is 5.32 Å². The molecule has 0 spiro atoms. The van der Waals surface area contributed by atoms with E-state index in [-0.39, 0.29) is 11.7 Å². The second-order valence-corrected chi connectivity index (χ2v) is 4.27. The van der Waals surface area contributed by atoms with Crippen LogP contribution in [-0.4, -0.2) is 16.7 Å². The molecule has 2 aromatic rings. The van der Waals surface area contributed by atoms with Crippen LogP contribution < -0.4 is 5.32 Å². The lowest BCUT2D eigenvalue weighted by Crippen LogP contribution is -2.12. The van der Waals surface area contributed by atoms with Gasteiger partial charge in [0, 0.05) is 28.7 Å². The number of pyridine rings is 1. The molecule has 0 saturated carbocycles. The van der Waals surface area contributed by atoms with E-state index < -0.39 is 0 Å². The van der Waals surface area contributed by atoms with Crippen LogP contribution in [0.1, 0.15) is 33.3 Å². The summed E-state index contributed by atoms with van der Waals surface area (Å²) in [6.07, 6.45) is 1.60. The van der Waals surface area contributed by atoms with Crippen LogP contribution >= 0.6 is 0 Å². The average Bonchev–Trinajstić information content (AvgIpc) is 2.39. The van der Waals surface area contributed by atoms with Crippen LogP contribution in [0.15, 0.2) is 42.6 Å². The standard InChI is InChI=1S/C15H14N2O2/c1-10-9-13(7-8-16-10)15(19)17-14-5-3-12(4-6-14)11(2)18/h3-9H,1-2H3,(H,17,19). The Morgan fingerprint density at radius 2 is 1.74 bits per heavy atom. The Bertz CT molecular complexity index is 618. The van der Waals surface area contributed by atoms with Crippen LogP contribution in [0.5, 0.6) is 0 Å². The highest BCUT2D eigenvalue weighted by Crippen LogP contribution is 2.12. The molecule has 0 aliphatic carbocycles. The molecule has 4 nitrogen and oxygen atoms in total. The molecule has 0 aliphatic rings. The highest BCUT2D eigenvalue weighted by molar-refractivity contribution is 6.04. The predicted molar refractivity (Wildman–Crippen MR) is 73.4 cm³/mol. The van der Waals surface area contributed by atoms with Crippen molar-refractivity contribution < 1.29 is 9.59 Å². The molecule has 96 valence electrons. The number of nitrogens with one attached hydrogen (secondary N) is 1. The highest BCUT2D eigenvalue weighted by Gasteiger charge is 2.06. The second kappa shape index (κ2) is 5.44. The third-order valence-electron chi connectivity index (χ3n) is 2.71. The summed E-state index contributed by atoms with van der Waals surface area (Å²) in [7, 11) is 0. The van der Waals surface area contributed by atoms with Crippen molar-refractivity contribution in [3.63, 3.8) is 0 Å². The number of anilines is 1. The summed E-state index contributed by atoms with van der Waals surface area (Å²) in [5, 5.41) is 2.77. The van der Waals surface area contributed by atoms with E-state index in [1.165, 1.54) is 6.92 Å². The summed E-state index contributed by atoms with van der Waals surface area (Å²) in [6, 6.07) is 10.2. The van der Waals surface area contributed by atoms with Crippen molar-refractivity contribution in [3.8, 4) is 0 Å². The zero-order chi connectivity index (χ0) is 13.8. The van der Waals surface area contributed by atoms with Gasteiger partial charge in [0.15, 0.2) is 5.78 Å². The molecule has 1 N–H and O–H groups in total. The molecule has 0 saturated heterocycles. The largest absolute Gasteiger partial charge is 0.322 e. The molecule has 1 amide bonds. The Hall–Kier alpha value is -2.49. The number of ketones is 1. The fourth-order valence-corrected chi connectivity index (χ4v) is 1.68. The highest BCUT2D eigenvalue weighted by atomic mass is 16.1. The average molecular weight is 254 g/mol. The minimum Gasteiger partial charge on any atom is -0.322 e. The van der Waals surface area contributed by atoms with Gasteiger partial charge in [0.25, 0.3) is 5.91 Å². The molecule has 0 fully saturated rings. The zero-order valence-corrected chi connectivity index (χ0v) is 10.8. The summed E-state index contributed by atoms with van der Waals surface area (Å²) < 4.78 is 0. The van der Waals surface area contributed by atoms with E-state index in [0.717, 1.165) is 5.69 Å². The van der Waals surface area contributed by atoms with Gasteiger partial charge in [-0.25, -0.2) is 0 Å². The fourth-order valence-electron chi connectivity index (χ4n) is 1.68. The zero-order valence-electron chi connectivity index (χ0n) is 10.8. The van der Waals surface area contributed by atoms with E-state index in [1.54, 1.807) is 42.6 Å². The van der Waals surface area contributed by atoms with E-state index in [2.05, 4.69) is 10.3 Å². The molecule has 1 aromatic carbocycles. The van der Waals surface area contributed by atoms with E-state index in [4.69, 9.17) is 0 Å². The van der Waals surface area contributed by atoms with Crippen LogP contribution in [-0.2, 0) is 0 Å². The smallest absolute Gasteiger partial charge is 0.255 e. The van der Waals surface area contributed by atoms with Crippen molar-refractivity contribution in [2.45, 2.75) is 13.8 Å². The predicted octanol–water partition coefficient (Wildman–Crippen LogP) is 2.84. The van der Waals surface area contributed by atoms with Crippen LogP contribution in [0.4, 0.5) is 5.69 Å². The Morgan fingerprint density at radius 3 is 2.32 bits per heavy atom. The Kier molecular flexibility index (Phi) is 3.71. The fraction of sp³-hybridized carbons (Fsp3) is 0.133. The molecule has 0 unspecified atom stereocenters. The summed E-state index contributed by atoms with van der Waals surface area (Å²) in [5.41, 5.74) is 2.63. The number of carbonyl (C=O) groups excluding carboxylic acids is 2. The maximum absolute atomic E-state index is 12.0. The number of amides is 1. The lowest BCUT2D eigenvalue weighted by atomic mass is 10.1. The first-order valence-corrected chi connectivity index (χ1v) is 5.91. The molecular formula is C15H14N2O2. The normalized spacial score (nSPS) is 10.0. The quantitative estimate of drug-likeness (QED) is 0.857. The summed E-state index contributed by atoms with van der Waals surface area (Å²) in [4.78, 5) is 27.2. The van der Waals surface area contributed by atoms with Crippen molar-refractivity contribution in [2.24, 2.45) is 0 Å². The number of hydrogen-bond donors (Lipinski definition) is 1. The number of aryl methyl sites for hydroxylation is 1. The molecule has 1 heterocycles. The summed E-state index contributed by atoms with van der Waals surface area (Å²) >= 11 is 0. The SMILES string of the molecule is CC(=O)c1ccc(NC(=O)c2ccnc(C)c2)cc1. The minimum atomic E-state index is -0.193. The Morgan fingerprint density at radius 1 is 1.05 bits per heavy atom. The van der Waals surface area contributed by atoms with Crippen LogP contribution in [0.3, 0.4) is 0 Å². The van der Waals surface area contributed by atoms with Crippen molar-refractivity contribution in [1.82, 2.24) is 4.98 Å². The van der Waals surface area contributed by atoms with Gasteiger partial charge in [0.2, 0.25) is 0 Å². The first kappa shape index (κ1) is 13.0.